The van der Waals surface area contributed by atoms with Crippen molar-refractivity contribution in [2.45, 2.75) is 13.5 Å². The number of carbonyl (C=O) groups is 1. The van der Waals surface area contributed by atoms with Gasteiger partial charge in [-0.25, -0.2) is 0 Å². The van der Waals surface area contributed by atoms with Crippen molar-refractivity contribution >= 4 is 18.3 Å². The van der Waals surface area contributed by atoms with Crippen LogP contribution in [0.25, 0.3) is 0 Å². The van der Waals surface area contributed by atoms with Crippen LogP contribution >= 0.6 is 12.4 Å². The Labute approximate surface area is 139 Å². The smallest absolute Gasteiger partial charge is 0.236 e. The molecule has 0 bridgehead atoms. The molecule has 1 heterocycles. The third-order valence-corrected chi connectivity index (χ3v) is 3.79. The summed E-state index contributed by atoms with van der Waals surface area (Å²) in [6.45, 7) is 6.69. The molecule has 0 atom stereocenters. The van der Waals surface area contributed by atoms with E-state index in [1.165, 1.54) is 5.56 Å². The summed E-state index contributed by atoms with van der Waals surface area (Å²) in [6, 6.07) is 6.15. The van der Waals surface area contributed by atoms with Crippen LogP contribution in [0.15, 0.2) is 18.2 Å². The van der Waals surface area contributed by atoms with E-state index in [1.54, 1.807) is 7.11 Å². The van der Waals surface area contributed by atoms with Gasteiger partial charge < -0.3 is 15.0 Å². The van der Waals surface area contributed by atoms with E-state index in [9.17, 15) is 4.79 Å². The van der Waals surface area contributed by atoms with Crippen molar-refractivity contribution in [2.24, 2.45) is 0 Å². The quantitative estimate of drug-likeness (QED) is 0.885. The van der Waals surface area contributed by atoms with E-state index in [1.807, 2.05) is 24.9 Å². The highest BCUT2D eigenvalue weighted by Gasteiger charge is 2.17. The molecule has 1 saturated heterocycles. The van der Waals surface area contributed by atoms with Gasteiger partial charge >= 0.3 is 0 Å². The molecule has 1 amide bonds. The molecule has 0 aliphatic carbocycles. The number of likely N-dealkylation sites (N-methyl/N-ethyl adjacent to an activating group) is 1. The van der Waals surface area contributed by atoms with Crippen molar-refractivity contribution in [1.29, 1.82) is 0 Å². The lowest BCUT2D eigenvalue weighted by Gasteiger charge is -2.29. The Hall–Kier alpha value is -1.30. The number of piperazine rings is 1. The molecule has 0 radical (unpaired) electrons. The number of benzene rings is 1. The van der Waals surface area contributed by atoms with Gasteiger partial charge in [-0.2, -0.15) is 0 Å². The van der Waals surface area contributed by atoms with Crippen molar-refractivity contribution in [1.82, 2.24) is 15.1 Å². The summed E-state index contributed by atoms with van der Waals surface area (Å²) in [5.41, 5.74) is 2.32. The summed E-state index contributed by atoms with van der Waals surface area (Å²) in [6.07, 6.45) is 0. The molecule has 0 saturated carbocycles. The number of amides is 1. The zero-order chi connectivity index (χ0) is 15.2. The van der Waals surface area contributed by atoms with E-state index < -0.39 is 0 Å². The van der Waals surface area contributed by atoms with Gasteiger partial charge in [0.15, 0.2) is 0 Å². The molecular weight excluding hydrogens is 302 g/mol. The maximum Gasteiger partial charge on any atom is 0.236 e. The molecule has 6 heteroatoms. The van der Waals surface area contributed by atoms with Crippen LogP contribution in [0.5, 0.6) is 5.75 Å². The zero-order valence-electron chi connectivity index (χ0n) is 13.6. The second-order valence-corrected chi connectivity index (χ2v) is 5.61. The first-order chi connectivity index (χ1) is 10.1. The van der Waals surface area contributed by atoms with Crippen LogP contribution in [0.2, 0.25) is 0 Å². The average Bonchev–Trinajstić information content (AvgIpc) is 2.48. The normalized spacial score (nSPS) is 14.6. The van der Waals surface area contributed by atoms with Crippen LogP contribution in [-0.2, 0) is 11.3 Å². The number of rotatable bonds is 5. The number of nitrogens with zero attached hydrogens (tertiary/aromatic N) is 2. The number of halogens is 1. The average molecular weight is 328 g/mol. The molecule has 2 rings (SSSR count). The van der Waals surface area contributed by atoms with Crippen LogP contribution in [0, 0.1) is 6.92 Å². The molecule has 22 heavy (non-hydrogen) atoms. The van der Waals surface area contributed by atoms with Crippen molar-refractivity contribution in [3.05, 3.63) is 29.3 Å². The van der Waals surface area contributed by atoms with Gasteiger partial charge in [-0.1, -0.05) is 12.1 Å². The fraction of sp³-hybridized carbons (Fsp3) is 0.562. The van der Waals surface area contributed by atoms with Gasteiger partial charge in [-0.15, -0.1) is 12.4 Å². The molecule has 1 N–H and O–H groups in total. The highest BCUT2D eigenvalue weighted by atomic mass is 35.5. The Bertz CT molecular complexity index is 490. The topological polar surface area (TPSA) is 44.8 Å². The Morgan fingerprint density at radius 3 is 2.64 bits per heavy atom. The summed E-state index contributed by atoms with van der Waals surface area (Å²) >= 11 is 0. The summed E-state index contributed by atoms with van der Waals surface area (Å²) in [5.74, 6) is 1.11. The number of aryl methyl sites for hydroxylation is 1. The molecule has 1 aromatic rings. The first kappa shape index (κ1) is 18.7. The molecule has 1 fully saturated rings. The molecule has 1 aliphatic rings. The van der Waals surface area contributed by atoms with Gasteiger partial charge in [0.05, 0.1) is 13.7 Å². The van der Waals surface area contributed by atoms with Crippen LogP contribution in [0.3, 0.4) is 0 Å². The summed E-state index contributed by atoms with van der Waals surface area (Å²) in [4.78, 5) is 16.2. The monoisotopic (exact) mass is 327 g/mol. The molecular formula is C16H26ClN3O2. The molecule has 1 aromatic carbocycles. The number of carbonyl (C=O) groups excluding carboxylic acids is 1. The third-order valence-electron chi connectivity index (χ3n) is 3.79. The van der Waals surface area contributed by atoms with Gasteiger partial charge in [-0.05, 0) is 31.2 Å². The van der Waals surface area contributed by atoms with Crippen molar-refractivity contribution < 1.29 is 9.53 Å². The molecule has 0 aromatic heterocycles. The van der Waals surface area contributed by atoms with Crippen molar-refractivity contribution in [3.63, 3.8) is 0 Å². The minimum atomic E-state index is 0. The minimum Gasteiger partial charge on any atom is -0.496 e. The number of hydrogen-bond acceptors (Lipinski definition) is 4. The zero-order valence-corrected chi connectivity index (χ0v) is 14.4. The summed E-state index contributed by atoms with van der Waals surface area (Å²) in [7, 11) is 3.67. The Morgan fingerprint density at radius 1 is 1.36 bits per heavy atom. The number of ether oxygens (including phenoxy) is 1. The highest BCUT2D eigenvalue weighted by Crippen LogP contribution is 2.19. The van der Waals surface area contributed by atoms with Crippen molar-refractivity contribution in [2.75, 3.05) is 46.9 Å². The van der Waals surface area contributed by atoms with Gasteiger partial charge in [0.1, 0.15) is 5.75 Å². The van der Waals surface area contributed by atoms with Gasteiger partial charge in [-0.3, -0.25) is 9.69 Å². The van der Waals surface area contributed by atoms with E-state index in [4.69, 9.17) is 4.74 Å². The lowest BCUT2D eigenvalue weighted by Crippen LogP contribution is -2.49. The largest absolute Gasteiger partial charge is 0.496 e. The van der Waals surface area contributed by atoms with Crippen LogP contribution < -0.4 is 10.1 Å². The maximum atomic E-state index is 12.2. The minimum absolute atomic E-state index is 0. The second kappa shape index (κ2) is 8.98. The summed E-state index contributed by atoms with van der Waals surface area (Å²) in [5, 5.41) is 3.26. The highest BCUT2D eigenvalue weighted by molar-refractivity contribution is 5.85. The first-order valence-electron chi connectivity index (χ1n) is 7.40. The lowest BCUT2D eigenvalue weighted by molar-refractivity contribution is -0.132. The van der Waals surface area contributed by atoms with Gasteiger partial charge in [0.25, 0.3) is 0 Å². The standard InChI is InChI=1S/C16H25N3O2.ClH/c1-13-10-14(4-5-15(13)21-3)11-18(2)12-16(20)19-8-6-17-7-9-19;/h4-5,10,17H,6-9,11-12H2,1-3H3;1H. The lowest BCUT2D eigenvalue weighted by atomic mass is 10.1. The Kier molecular flexibility index (Phi) is 7.65. The molecule has 1 aliphatic heterocycles. The summed E-state index contributed by atoms with van der Waals surface area (Å²) < 4.78 is 5.27. The Morgan fingerprint density at radius 2 is 2.05 bits per heavy atom. The number of hydrogen-bond donors (Lipinski definition) is 1. The van der Waals surface area contributed by atoms with Crippen LogP contribution in [0.4, 0.5) is 0 Å². The SMILES string of the molecule is COc1ccc(CN(C)CC(=O)N2CCNCC2)cc1C.Cl. The molecule has 5 nitrogen and oxygen atoms in total. The predicted molar refractivity (Wildman–Crippen MR) is 90.8 cm³/mol. The van der Waals surface area contributed by atoms with Crippen LogP contribution in [-0.4, -0.2) is 62.6 Å². The van der Waals surface area contributed by atoms with E-state index in [-0.39, 0.29) is 18.3 Å². The maximum absolute atomic E-state index is 12.2. The third kappa shape index (κ3) is 5.16. The molecule has 124 valence electrons. The van der Waals surface area contributed by atoms with E-state index in [0.717, 1.165) is 44.0 Å². The van der Waals surface area contributed by atoms with Crippen LogP contribution in [0.1, 0.15) is 11.1 Å². The fourth-order valence-electron chi connectivity index (χ4n) is 2.65. The van der Waals surface area contributed by atoms with Gasteiger partial charge in [0.2, 0.25) is 5.91 Å². The fourth-order valence-corrected chi connectivity index (χ4v) is 2.65. The van der Waals surface area contributed by atoms with E-state index in [0.29, 0.717) is 6.54 Å². The second-order valence-electron chi connectivity index (χ2n) is 5.61. The van der Waals surface area contributed by atoms with E-state index in [2.05, 4.69) is 22.3 Å². The number of methoxy groups -OCH3 is 1. The van der Waals surface area contributed by atoms with E-state index >= 15 is 0 Å². The molecule has 0 unspecified atom stereocenters. The number of nitrogens with one attached hydrogen (secondary N) is 1. The van der Waals surface area contributed by atoms with Gasteiger partial charge in [0, 0.05) is 32.7 Å². The predicted octanol–water partition coefficient (Wildman–Crippen LogP) is 1.29. The van der Waals surface area contributed by atoms with Crippen molar-refractivity contribution in [3.8, 4) is 5.75 Å². The Balaban J connectivity index is 0.00000242. The first-order valence-corrected chi connectivity index (χ1v) is 7.40. The molecule has 0 spiro atoms.